The van der Waals surface area contributed by atoms with Crippen molar-refractivity contribution in [2.45, 2.75) is 18.9 Å². The quantitative estimate of drug-likeness (QED) is 0.653. The third-order valence-electron chi connectivity index (χ3n) is 4.04. The number of carboxylic acid groups (broad SMARTS) is 1. The zero-order valence-electron chi connectivity index (χ0n) is 13.5. The van der Waals surface area contributed by atoms with Gasteiger partial charge in [-0.25, -0.2) is 9.79 Å². The first kappa shape index (κ1) is 17.0. The van der Waals surface area contributed by atoms with Gasteiger partial charge < -0.3 is 5.11 Å². The molecule has 1 atom stereocenters. The highest BCUT2D eigenvalue weighted by molar-refractivity contribution is 7.12. The van der Waals surface area contributed by atoms with Gasteiger partial charge in [-0.15, -0.1) is 11.3 Å². The summed E-state index contributed by atoms with van der Waals surface area (Å²) in [6.45, 7) is 0. The average Bonchev–Trinajstić information content (AvgIpc) is 3.07. The number of benzene rings is 1. The molecular weight excluding hydrogens is 340 g/mol. The van der Waals surface area contributed by atoms with Crippen molar-refractivity contribution in [3.63, 3.8) is 0 Å². The maximum atomic E-state index is 12.1. The second-order valence-electron chi connectivity index (χ2n) is 5.68. The molecule has 0 saturated carbocycles. The molecular formula is C18H16N2O4S. The highest BCUT2D eigenvalue weighted by Gasteiger charge is 2.40. The van der Waals surface area contributed by atoms with Gasteiger partial charge in [-0.1, -0.05) is 30.3 Å². The molecule has 0 bridgehead atoms. The number of ketones is 1. The van der Waals surface area contributed by atoms with Gasteiger partial charge in [0.1, 0.15) is 5.84 Å². The number of aryl methyl sites for hydroxylation is 2. The van der Waals surface area contributed by atoms with Crippen molar-refractivity contribution >= 4 is 34.8 Å². The van der Waals surface area contributed by atoms with Crippen LogP contribution in [0.15, 0.2) is 46.8 Å². The van der Waals surface area contributed by atoms with E-state index in [0.29, 0.717) is 0 Å². The Morgan fingerprint density at radius 1 is 1.20 bits per heavy atom. The molecule has 1 aliphatic rings. The Kier molecular flexibility index (Phi) is 4.76. The molecule has 1 amide bonds. The average molecular weight is 356 g/mol. The topological polar surface area (TPSA) is 87.0 Å². The molecule has 2 aromatic rings. The lowest BCUT2D eigenvalue weighted by molar-refractivity contribution is -0.149. The number of Topliss-reactive ketones (excluding diaryl/α,β-unsaturated/α-hetero) is 1. The summed E-state index contributed by atoms with van der Waals surface area (Å²) in [6, 6.07) is 10.3. The first-order chi connectivity index (χ1) is 12.0. The number of amides is 1. The Hall–Kier alpha value is -2.80. The van der Waals surface area contributed by atoms with E-state index < -0.39 is 23.7 Å². The van der Waals surface area contributed by atoms with Crippen LogP contribution in [-0.2, 0) is 27.2 Å². The largest absolute Gasteiger partial charge is 0.479 e. The Morgan fingerprint density at radius 3 is 2.60 bits per heavy atom. The number of carbonyl (C=O) groups is 3. The predicted molar refractivity (Wildman–Crippen MR) is 93.9 cm³/mol. The maximum absolute atomic E-state index is 12.1. The van der Waals surface area contributed by atoms with Crippen molar-refractivity contribution in [3.05, 3.63) is 57.8 Å². The molecule has 128 valence electrons. The molecule has 1 unspecified atom stereocenters. The number of hydrogen-bond acceptors (Lipinski definition) is 5. The van der Waals surface area contributed by atoms with Gasteiger partial charge in [-0.2, -0.15) is 0 Å². The molecule has 1 N–H and O–H groups in total. The number of nitrogens with zero attached hydrogens (tertiary/aromatic N) is 2. The number of aliphatic carboxylic acids is 1. The van der Waals surface area contributed by atoms with Crippen molar-refractivity contribution in [1.82, 2.24) is 4.90 Å². The molecule has 25 heavy (non-hydrogen) atoms. The van der Waals surface area contributed by atoms with E-state index in [-0.39, 0.29) is 5.84 Å². The Morgan fingerprint density at radius 2 is 1.92 bits per heavy atom. The zero-order valence-corrected chi connectivity index (χ0v) is 14.3. The summed E-state index contributed by atoms with van der Waals surface area (Å²) in [5, 5.41) is 11.0. The first-order valence-corrected chi connectivity index (χ1v) is 8.60. The van der Waals surface area contributed by atoms with E-state index >= 15 is 0 Å². The van der Waals surface area contributed by atoms with E-state index in [1.807, 2.05) is 41.8 Å². The summed E-state index contributed by atoms with van der Waals surface area (Å²) in [4.78, 5) is 41.0. The van der Waals surface area contributed by atoms with Crippen LogP contribution in [0.25, 0.3) is 0 Å². The van der Waals surface area contributed by atoms with Gasteiger partial charge in [0.2, 0.25) is 6.04 Å². The normalized spacial score (nSPS) is 17.6. The van der Waals surface area contributed by atoms with E-state index in [2.05, 4.69) is 4.99 Å². The number of carboxylic acids is 1. The summed E-state index contributed by atoms with van der Waals surface area (Å²) in [6.07, 6.45) is 1.55. The first-order valence-electron chi connectivity index (χ1n) is 7.72. The summed E-state index contributed by atoms with van der Waals surface area (Å²) in [7, 11) is 1.44. The molecule has 0 saturated heterocycles. The van der Waals surface area contributed by atoms with E-state index in [1.165, 1.54) is 23.9 Å². The van der Waals surface area contributed by atoms with Crippen LogP contribution in [0.5, 0.6) is 0 Å². The van der Waals surface area contributed by atoms with E-state index in [0.717, 1.165) is 28.2 Å². The van der Waals surface area contributed by atoms with Gasteiger partial charge in [0.05, 0.1) is 4.88 Å². The van der Waals surface area contributed by atoms with Crippen molar-refractivity contribution in [1.29, 1.82) is 0 Å². The lowest BCUT2D eigenvalue weighted by Crippen LogP contribution is -2.50. The minimum Gasteiger partial charge on any atom is -0.479 e. The molecule has 0 radical (unpaired) electrons. The maximum Gasteiger partial charge on any atom is 0.336 e. The van der Waals surface area contributed by atoms with Crippen molar-refractivity contribution in [2.24, 2.45) is 4.99 Å². The fourth-order valence-corrected chi connectivity index (χ4v) is 3.66. The van der Waals surface area contributed by atoms with Crippen LogP contribution >= 0.6 is 11.3 Å². The molecule has 1 aliphatic heterocycles. The van der Waals surface area contributed by atoms with Crippen LogP contribution in [0.4, 0.5) is 0 Å². The zero-order chi connectivity index (χ0) is 18.0. The predicted octanol–water partition coefficient (Wildman–Crippen LogP) is 1.77. The number of hydrogen-bond donors (Lipinski definition) is 1. The van der Waals surface area contributed by atoms with Gasteiger partial charge in [-0.05, 0) is 35.4 Å². The number of carbonyl (C=O) groups excluding carboxylic acids is 2. The molecule has 0 aliphatic carbocycles. The second kappa shape index (κ2) is 6.98. The minimum absolute atomic E-state index is 0.245. The van der Waals surface area contributed by atoms with Crippen LogP contribution in [0, 0.1) is 0 Å². The lowest BCUT2D eigenvalue weighted by atomic mass is 10.0. The second-order valence-corrected chi connectivity index (χ2v) is 6.60. The summed E-state index contributed by atoms with van der Waals surface area (Å²) in [5.74, 6) is -3.03. The standard InChI is InChI=1S/C18H16N2O4S/c1-20-16(19-13(18(23)24)14(21)17(20)22)15-12(9-10-25-15)8-7-11-5-3-2-4-6-11/h2-6,9-10,13H,7-8H2,1H3,(H,23,24). The molecule has 0 fully saturated rings. The molecule has 1 aromatic heterocycles. The van der Waals surface area contributed by atoms with E-state index in [4.69, 9.17) is 5.11 Å². The van der Waals surface area contributed by atoms with Gasteiger partial charge in [-0.3, -0.25) is 14.5 Å². The van der Waals surface area contributed by atoms with Crippen LogP contribution in [0.3, 0.4) is 0 Å². The van der Waals surface area contributed by atoms with Crippen molar-refractivity contribution in [2.75, 3.05) is 7.05 Å². The molecule has 7 heteroatoms. The Bertz CT molecular complexity index is 857. The van der Waals surface area contributed by atoms with Gasteiger partial charge in [0, 0.05) is 7.05 Å². The number of thiophene rings is 1. The summed E-state index contributed by atoms with van der Waals surface area (Å²) >= 11 is 1.38. The van der Waals surface area contributed by atoms with Gasteiger partial charge in [0.15, 0.2) is 0 Å². The highest BCUT2D eigenvalue weighted by atomic mass is 32.1. The Balaban J connectivity index is 1.90. The van der Waals surface area contributed by atoms with Crippen LogP contribution in [-0.4, -0.2) is 46.6 Å². The lowest BCUT2D eigenvalue weighted by Gasteiger charge is -2.25. The number of rotatable bonds is 5. The van der Waals surface area contributed by atoms with Gasteiger partial charge >= 0.3 is 5.97 Å². The fraction of sp³-hybridized carbons (Fsp3) is 0.222. The number of amidine groups is 1. The molecule has 2 heterocycles. The number of aliphatic imine (C=N–C) groups is 1. The van der Waals surface area contributed by atoms with Crippen LogP contribution in [0.1, 0.15) is 16.0 Å². The van der Waals surface area contributed by atoms with Crippen LogP contribution in [0.2, 0.25) is 0 Å². The van der Waals surface area contributed by atoms with Crippen molar-refractivity contribution in [3.8, 4) is 0 Å². The molecule has 3 rings (SSSR count). The molecule has 6 nitrogen and oxygen atoms in total. The molecule has 0 spiro atoms. The Labute approximate surface area is 148 Å². The SMILES string of the molecule is CN1C(=O)C(=O)C(C(=O)O)N=C1c1sccc1CCc1ccccc1. The summed E-state index contributed by atoms with van der Waals surface area (Å²) in [5.41, 5.74) is 2.17. The molecule has 1 aromatic carbocycles. The van der Waals surface area contributed by atoms with E-state index in [9.17, 15) is 14.4 Å². The van der Waals surface area contributed by atoms with Crippen LogP contribution < -0.4 is 0 Å². The number of likely N-dealkylation sites (N-methyl/N-ethyl adjacent to an activating group) is 1. The van der Waals surface area contributed by atoms with Crippen molar-refractivity contribution < 1.29 is 19.5 Å². The van der Waals surface area contributed by atoms with E-state index in [1.54, 1.807) is 0 Å². The highest BCUT2D eigenvalue weighted by Crippen LogP contribution is 2.24. The minimum atomic E-state index is -1.66. The summed E-state index contributed by atoms with van der Waals surface area (Å²) < 4.78 is 0. The monoisotopic (exact) mass is 356 g/mol. The fourth-order valence-electron chi connectivity index (χ4n) is 2.68. The van der Waals surface area contributed by atoms with Gasteiger partial charge in [0.25, 0.3) is 11.7 Å². The third-order valence-corrected chi connectivity index (χ3v) is 5.00. The smallest absolute Gasteiger partial charge is 0.336 e. The third kappa shape index (κ3) is 3.36.